The van der Waals surface area contributed by atoms with E-state index >= 15 is 0 Å². The minimum atomic E-state index is -1.09. The smallest absolute Gasteiger partial charge is 0.337 e. The average molecular weight is 280 g/mol. The maximum Gasteiger partial charge on any atom is 0.337 e. The normalized spacial score (nSPS) is 17.3. The molecule has 1 aromatic rings. The van der Waals surface area contributed by atoms with E-state index in [1.54, 1.807) is 6.07 Å². The minimum Gasteiger partial charge on any atom is -0.478 e. The van der Waals surface area contributed by atoms with Crippen molar-refractivity contribution in [2.24, 2.45) is 0 Å². The van der Waals surface area contributed by atoms with Crippen LogP contribution >= 0.6 is 0 Å². The Labute approximate surface area is 118 Å². The zero-order valence-corrected chi connectivity index (χ0v) is 12.2. The number of halogens is 1. The van der Waals surface area contributed by atoms with Gasteiger partial charge in [0.1, 0.15) is 5.82 Å². The van der Waals surface area contributed by atoms with Gasteiger partial charge in [-0.3, -0.25) is 4.90 Å². The van der Waals surface area contributed by atoms with Gasteiger partial charge in [0.15, 0.2) is 0 Å². The SMILES string of the molecule is CC(C)(C)N1CCN(c2ccc(F)cc2C(=O)O)CC1. The van der Waals surface area contributed by atoms with Gasteiger partial charge >= 0.3 is 5.97 Å². The Morgan fingerprint density at radius 3 is 2.30 bits per heavy atom. The number of piperazine rings is 1. The number of hydrogen-bond acceptors (Lipinski definition) is 3. The maximum atomic E-state index is 13.2. The second-order valence-electron chi connectivity index (χ2n) is 6.11. The van der Waals surface area contributed by atoms with Gasteiger partial charge in [-0.1, -0.05) is 0 Å². The van der Waals surface area contributed by atoms with Gasteiger partial charge in [-0.25, -0.2) is 9.18 Å². The Morgan fingerprint density at radius 2 is 1.80 bits per heavy atom. The molecule has 20 heavy (non-hydrogen) atoms. The molecule has 0 atom stereocenters. The summed E-state index contributed by atoms with van der Waals surface area (Å²) in [5, 5.41) is 9.20. The third kappa shape index (κ3) is 3.10. The Morgan fingerprint density at radius 1 is 1.20 bits per heavy atom. The summed E-state index contributed by atoms with van der Waals surface area (Å²) >= 11 is 0. The Kier molecular flexibility index (Phi) is 3.99. The molecule has 0 aliphatic carbocycles. The highest BCUT2D eigenvalue weighted by Gasteiger charge is 2.27. The minimum absolute atomic E-state index is 0.0363. The molecule has 0 spiro atoms. The molecule has 2 rings (SSSR count). The van der Waals surface area contributed by atoms with Crippen LogP contribution in [0.25, 0.3) is 0 Å². The van der Waals surface area contributed by atoms with Gasteiger partial charge in [-0.2, -0.15) is 0 Å². The van der Waals surface area contributed by atoms with Crippen molar-refractivity contribution in [2.45, 2.75) is 26.3 Å². The zero-order valence-electron chi connectivity index (χ0n) is 12.2. The molecule has 1 aromatic carbocycles. The van der Waals surface area contributed by atoms with Crippen LogP contribution in [0.1, 0.15) is 31.1 Å². The van der Waals surface area contributed by atoms with Crippen molar-refractivity contribution in [3.63, 3.8) is 0 Å². The first-order chi connectivity index (χ1) is 9.29. The van der Waals surface area contributed by atoms with E-state index in [1.165, 1.54) is 6.07 Å². The van der Waals surface area contributed by atoms with E-state index in [9.17, 15) is 14.3 Å². The lowest BCUT2D eigenvalue weighted by Gasteiger charge is -2.43. The second kappa shape index (κ2) is 5.40. The molecule has 0 radical (unpaired) electrons. The molecule has 1 N–H and O–H groups in total. The predicted octanol–water partition coefficient (Wildman–Crippen LogP) is 2.44. The van der Waals surface area contributed by atoms with Crippen LogP contribution in [0.3, 0.4) is 0 Å². The number of carboxylic acids is 1. The molecule has 1 fully saturated rings. The molecule has 1 heterocycles. The van der Waals surface area contributed by atoms with Gasteiger partial charge in [0.25, 0.3) is 0 Å². The fourth-order valence-electron chi connectivity index (χ4n) is 2.57. The fourth-order valence-corrected chi connectivity index (χ4v) is 2.57. The molecule has 0 saturated carbocycles. The summed E-state index contributed by atoms with van der Waals surface area (Å²) in [6, 6.07) is 3.97. The van der Waals surface area contributed by atoms with Crippen molar-refractivity contribution in [1.82, 2.24) is 4.90 Å². The lowest BCUT2D eigenvalue weighted by Crippen LogP contribution is -2.53. The zero-order chi connectivity index (χ0) is 14.9. The number of rotatable bonds is 2. The Bertz CT molecular complexity index is 503. The summed E-state index contributed by atoms with van der Waals surface area (Å²) in [7, 11) is 0. The number of nitrogens with zero attached hydrogens (tertiary/aromatic N) is 2. The van der Waals surface area contributed by atoms with Gasteiger partial charge in [-0.05, 0) is 39.0 Å². The molecule has 1 saturated heterocycles. The van der Waals surface area contributed by atoms with Crippen LogP contribution in [0.15, 0.2) is 18.2 Å². The fraction of sp³-hybridized carbons (Fsp3) is 0.533. The van der Waals surface area contributed by atoms with E-state index in [4.69, 9.17) is 0 Å². The van der Waals surface area contributed by atoms with Crippen molar-refractivity contribution in [3.8, 4) is 0 Å². The third-order valence-electron chi connectivity index (χ3n) is 3.76. The number of carboxylic acid groups (broad SMARTS) is 1. The van der Waals surface area contributed by atoms with Gasteiger partial charge in [-0.15, -0.1) is 0 Å². The van der Waals surface area contributed by atoms with E-state index in [0.29, 0.717) is 5.69 Å². The van der Waals surface area contributed by atoms with Gasteiger partial charge in [0.2, 0.25) is 0 Å². The van der Waals surface area contributed by atoms with Crippen LogP contribution in [-0.2, 0) is 0 Å². The average Bonchev–Trinajstić information content (AvgIpc) is 2.37. The van der Waals surface area contributed by atoms with Gasteiger partial charge < -0.3 is 10.0 Å². The molecular weight excluding hydrogens is 259 g/mol. The van der Waals surface area contributed by atoms with E-state index in [-0.39, 0.29) is 11.1 Å². The van der Waals surface area contributed by atoms with E-state index in [0.717, 1.165) is 32.2 Å². The van der Waals surface area contributed by atoms with Crippen molar-refractivity contribution in [3.05, 3.63) is 29.6 Å². The monoisotopic (exact) mass is 280 g/mol. The highest BCUT2D eigenvalue weighted by Crippen LogP contribution is 2.25. The predicted molar refractivity (Wildman–Crippen MR) is 76.9 cm³/mol. The van der Waals surface area contributed by atoms with Crippen molar-refractivity contribution < 1.29 is 14.3 Å². The Hall–Kier alpha value is -1.62. The van der Waals surface area contributed by atoms with Crippen molar-refractivity contribution >= 4 is 11.7 Å². The summed E-state index contributed by atoms with van der Waals surface area (Å²) in [5.41, 5.74) is 0.756. The first-order valence-electron chi connectivity index (χ1n) is 6.82. The van der Waals surface area contributed by atoms with Crippen LogP contribution in [0.2, 0.25) is 0 Å². The van der Waals surface area contributed by atoms with Crippen molar-refractivity contribution in [2.75, 3.05) is 31.1 Å². The van der Waals surface area contributed by atoms with Crippen molar-refractivity contribution in [1.29, 1.82) is 0 Å². The lowest BCUT2D eigenvalue weighted by molar-refractivity contribution is 0.0696. The van der Waals surface area contributed by atoms with E-state index < -0.39 is 11.8 Å². The van der Waals surface area contributed by atoms with Crippen LogP contribution in [-0.4, -0.2) is 47.7 Å². The van der Waals surface area contributed by atoms with E-state index in [1.807, 2.05) is 4.90 Å². The standard InChI is InChI=1S/C15H21FN2O2/c1-15(2,3)18-8-6-17(7-9-18)13-5-4-11(16)10-12(13)14(19)20/h4-5,10H,6-9H2,1-3H3,(H,19,20). The summed E-state index contributed by atoms with van der Waals surface area (Å²) in [5.74, 6) is -1.60. The number of aromatic carboxylic acids is 1. The molecule has 4 nitrogen and oxygen atoms in total. The molecule has 0 unspecified atom stereocenters. The molecule has 1 aliphatic heterocycles. The number of benzene rings is 1. The highest BCUT2D eigenvalue weighted by molar-refractivity contribution is 5.94. The van der Waals surface area contributed by atoms with Gasteiger partial charge in [0.05, 0.1) is 11.3 Å². The third-order valence-corrected chi connectivity index (χ3v) is 3.76. The van der Waals surface area contributed by atoms with Crippen LogP contribution in [0, 0.1) is 5.82 Å². The highest BCUT2D eigenvalue weighted by atomic mass is 19.1. The first kappa shape index (κ1) is 14.8. The van der Waals surface area contributed by atoms with Gasteiger partial charge in [0, 0.05) is 31.7 Å². The Balaban J connectivity index is 2.17. The number of hydrogen-bond donors (Lipinski definition) is 1. The summed E-state index contributed by atoms with van der Waals surface area (Å²) in [6.07, 6.45) is 0. The molecule has 5 heteroatoms. The summed E-state index contributed by atoms with van der Waals surface area (Å²) in [6.45, 7) is 9.77. The summed E-state index contributed by atoms with van der Waals surface area (Å²) in [4.78, 5) is 15.6. The second-order valence-corrected chi connectivity index (χ2v) is 6.11. The van der Waals surface area contributed by atoms with E-state index in [2.05, 4.69) is 25.7 Å². The maximum absolute atomic E-state index is 13.2. The topological polar surface area (TPSA) is 43.8 Å². The number of anilines is 1. The molecule has 0 amide bonds. The molecule has 110 valence electrons. The molecule has 0 aromatic heterocycles. The van der Waals surface area contributed by atoms with Crippen LogP contribution < -0.4 is 4.90 Å². The first-order valence-corrected chi connectivity index (χ1v) is 6.82. The number of carbonyl (C=O) groups is 1. The lowest BCUT2D eigenvalue weighted by atomic mass is 10.0. The largest absolute Gasteiger partial charge is 0.478 e. The molecule has 0 bridgehead atoms. The summed E-state index contributed by atoms with van der Waals surface area (Å²) < 4.78 is 13.2. The van der Waals surface area contributed by atoms with Crippen LogP contribution in [0.4, 0.5) is 10.1 Å². The van der Waals surface area contributed by atoms with Crippen LogP contribution in [0.5, 0.6) is 0 Å². The molecular formula is C15H21FN2O2. The molecule has 1 aliphatic rings. The quantitative estimate of drug-likeness (QED) is 0.903.